The van der Waals surface area contributed by atoms with Crippen molar-refractivity contribution in [2.75, 3.05) is 6.54 Å². The lowest BCUT2D eigenvalue weighted by atomic mass is 9.64. The van der Waals surface area contributed by atoms with Gasteiger partial charge in [-0.3, -0.25) is 0 Å². The fourth-order valence-electron chi connectivity index (χ4n) is 2.51. The van der Waals surface area contributed by atoms with Gasteiger partial charge in [0.1, 0.15) is 0 Å². The summed E-state index contributed by atoms with van der Waals surface area (Å²) in [6.07, 6.45) is 1.81. The van der Waals surface area contributed by atoms with E-state index in [0.717, 1.165) is 19.4 Å². The topological polar surface area (TPSA) is 32.3 Å². The lowest BCUT2D eigenvalue weighted by Crippen LogP contribution is -2.60. The van der Waals surface area contributed by atoms with E-state index in [9.17, 15) is 5.11 Å². The average Bonchev–Trinajstić information content (AvgIpc) is 2.28. The first-order valence-corrected chi connectivity index (χ1v) is 6.47. The molecule has 1 aliphatic carbocycles. The van der Waals surface area contributed by atoms with Crippen LogP contribution in [0.15, 0.2) is 24.3 Å². The average molecular weight is 233 g/mol. The normalized spacial score (nSPS) is 26.6. The maximum Gasteiger partial charge on any atom is 0.0621 e. The first kappa shape index (κ1) is 12.6. The summed E-state index contributed by atoms with van der Waals surface area (Å²) < 4.78 is 0. The molecular weight excluding hydrogens is 210 g/mol. The Kier molecular flexibility index (Phi) is 3.55. The van der Waals surface area contributed by atoms with Crippen molar-refractivity contribution in [1.29, 1.82) is 0 Å². The molecule has 2 rings (SSSR count). The van der Waals surface area contributed by atoms with Crippen LogP contribution in [0.25, 0.3) is 0 Å². The number of hydrogen-bond donors (Lipinski definition) is 2. The summed E-state index contributed by atoms with van der Waals surface area (Å²) in [5.74, 6) is 0. The monoisotopic (exact) mass is 233 g/mol. The molecule has 0 saturated heterocycles. The molecule has 94 valence electrons. The van der Waals surface area contributed by atoms with E-state index in [-0.39, 0.29) is 11.5 Å². The van der Waals surface area contributed by atoms with Gasteiger partial charge in [-0.25, -0.2) is 0 Å². The number of aliphatic hydroxyl groups is 1. The van der Waals surface area contributed by atoms with Gasteiger partial charge in [-0.1, -0.05) is 43.7 Å². The van der Waals surface area contributed by atoms with Crippen LogP contribution in [0, 0.1) is 12.3 Å². The van der Waals surface area contributed by atoms with Crippen LogP contribution in [0.4, 0.5) is 0 Å². The molecule has 0 radical (unpaired) electrons. The van der Waals surface area contributed by atoms with Crippen LogP contribution >= 0.6 is 0 Å². The van der Waals surface area contributed by atoms with Crippen LogP contribution < -0.4 is 5.32 Å². The molecule has 17 heavy (non-hydrogen) atoms. The Morgan fingerprint density at radius 3 is 2.76 bits per heavy atom. The first-order valence-electron chi connectivity index (χ1n) is 6.47. The van der Waals surface area contributed by atoms with Gasteiger partial charge in [-0.05, 0) is 31.9 Å². The number of nitrogens with one attached hydrogen (secondary N) is 1. The van der Waals surface area contributed by atoms with Crippen LogP contribution in [0.5, 0.6) is 0 Å². The molecule has 1 aromatic carbocycles. The van der Waals surface area contributed by atoms with Crippen LogP contribution in [-0.4, -0.2) is 23.8 Å². The molecule has 2 atom stereocenters. The van der Waals surface area contributed by atoms with Crippen molar-refractivity contribution in [2.45, 2.75) is 45.8 Å². The summed E-state index contributed by atoms with van der Waals surface area (Å²) in [6.45, 7) is 7.38. The standard InChI is InChI=1S/C15H23NO/c1-11-5-4-6-12(9-11)7-8-16-13-10-14(17)15(13,2)3/h4-6,9,13-14,16-17H,7-8,10H2,1-3H3. The molecule has 0 amide bonds. The van der Waals surface area contributed by atoms with Gasteiger partial charge in [0.05, 0.1) is 6.10 Å². The van der Waals surface area contributed by atoms with Gasteiger partial charge in [0, 0.05) is 11.5 Å². The van der Waals surface area contributed by atoms with Crippen LogP contribution in [-0.2, 0) is 6.42 Å². The maximum atomic E-state index is 9.66. The molecule has 2 heteroatoms. The van der Waals surface area contributed by atoms with Crippen LogP contribution in [0.2, 0.25) is 0 Å². The van der Waals surface area contributed by atoms with Gasteiger partial charge >= 0.3 is 0 Å². The van der Waals surface area contributed by atoms with Crippen molar-refractivity contribution in [3.63, 3.8) is 0 Å². The summed E-state index contributed by atoms with van der Waals surface area (Å²) in [5, 5.41) is 13.2. The zero-order chi connectivity index (χ0) is 12.5. The predicted molar refractivity (Wildman–Crippen MR) is 71.1 cm³/mol. The van der Waals surface area contributed by atoms with Gasteiger partial charge < -0.3 is 10.4 Å². The van der Waals surface area contributed by atoms with Gasteiger partial charge in [0.2, 0.25) is 0 Å². The lowest BCUT2D eigenvalue weighted by Gasteiger charge is -2.49. The minimum absolute atomic E-state index is 0.0343. The van der Waals surface area contributed by atoms with E-state index >= 15 is 0 Å². The van der Waals surface area contributed by atoms with Crippen molar-refractivity contribution in [1.82, 2.24) is 5.32 Å². The van der Waals surface area contributed by atoms with Crippen molar-refractivity contribution in [3.8, 4) is 0 Å². The van der Waals surface area contributed by atoms with E-state index in [4.69, 9.17) is 0 Å². The Hall–Kier alpha value is -0.860. The number of benzene rings is 1. The zero-order valence-corrected chi connectivity index (χ0v) is 11.0. The fourth-order valence-corrected chi connectivity index (χ4v) is 2.51. The van der Waals surface area contributed by atoms with Gasteiger partial charge in [-0.2, -0.15) is 0 Å². The van der Waals surface area contributed by atoms with Crippen LogP contribution in [0.1, 0.15) is 31.4 Å². The zero-order valence-electron chi connectivity index (χ0n) is 11.0. The molecule has 1 saturated carbocycles. The molecule has 2 N–H and O–H groups in total. The van der Waals surface area contributed by atoms with E-state index in [1.54, 1.807) is 0 Å². The summed E-state index contributed by atoms with van der Waals surface area (Å²) in [4.78, 5) is 0. The molecule has 0 heterocycles. The minimum atomic E-state index is -0.140. The second-order valence-electron chi connectivity index (χ2n) is 5.82. The number of hydrogen-bond acceptors (Lipinski definition) is 2. The molecular formula is C15H23NO. The highest BCUT2D eigenvalue weighted by Gasteiger charge is 2.46. The third-order valence-corrected chi connectivity index (χ3v) is 4.10. The highest BCUT2D eigenvalue weighted by molar-refractivity contribution is 5.22. The second kappa shape index (κ2) is 4.79. The van der Waals surface area contributed by atoms with Gasteiger partial charge in [-0.15, -0.1) is 0 Å². The van der Waals surface area contributed by atoms with Crippen molar-refractivity contribution >= 4 is 0 Å². The van der Waals surface area contributed by atoms with Crippen LogP contribution in [0.3, 0.4) is 0 Å². The highest BCUT2D eigenvalue weighted by atomic mass is 16.3. The van der Waals surface area contributed by atoms with Crippen molar-refractivity contribution in [2.24, 2.45) is 5.41 Å². The molecule has 2 nitrogen and oxygen atoms in total. The summed E-state index contributed by atoms with van der Waals surface area (Å²) >= 11 is 0. The third kappa shape index (κ3) is 2.70. The Bertz CT molecular complexity index is 386. The molecule has 2 unspecified atom stereocenters. The summed E-state index contributed by atoms with van der Waals surface area (Å²) in [5.41, 5.74) is 2.74. The van der Waals surface area contributed by atoms with E-state index in [1.807, 2.05) is 0 Å². The predicted octanol–water partition coefficient (Wildman–Crippen LogP) is 2.29. The van der Waals surface area contributed by atoms with Gasteiger partial charge in [0.25, 0.3) is 0 Å². The van der Waals surface area contributed by atoms with E-state index in [0.29, 0.717) is 6.04 Å². The maximum absolute atomic E-state index is 9.66. The summed E-state index contributed by atoms with van der Waals surface area (Å²) in [6, 6.07) is 9.12. The number of aryl methyl sites for hydroxylation is 1. The molecule has 0 bridgehead atoms. The van der Waals surface area contributed by atoms with Gasteiger partial charge in [0.15, 0.2) is 0 Å². The van der Waals surface area contributed by atoms with E-state index in [1.165, 1.54) is 11.1 Å². The van der Waals surface area contributed by atoms with E-state index in [2.05, 4.69) is 50.4 Å². The largest absolute Gasteiger partial charge is 0.392 e. The Balaban J connectivity index is 1.77. The SMILES string of the molecule is Cc1cccc(CCNC2CC(O)C2(C)C)c1. The van der Waals surface area contributed by atoms with Crippen molar-refractivity contribution in [3.05, 3.63) is 35.4 Å². The second-order valence-corrected chi connectivity index (χ2v) is 5.82. The van der Waals surface area contributed by atoms with E-state index < -0.39 is 0 Å². The lowest BCUT2D eigenvalue weighted by molar-refractivity contribution is -0.0720. The molecule has 1 fully saturated rings. The number of rotatable bonds is 4. The minimum Gasteiger partial charge on any atom is -0.392 e. The molecule has 0 aromatic heterocycles. The highest BCUT2D eigenvalue weighted by Crippen LogP contribution is 2.40. The molecule has 1 aromatic rings. The Labute approximate surface area is 104 Å². The number of aliphatic hydroxyl groups excluding tert-OH is 1. The summed E-state index contributed by atoms with van der Waals surface area (Å²) in [7, 11) is 0. The quantitative estimate of drug-likeness (QED) is 0.836. The third-order valence-electron chi connectivity index (χ3n) is 4.10. The van der Waals surface area contributed by atoms with Crippen molar-refractivity contribution < 1.29 is 5.11 Å². The molecule has 0 aliphatic heterocycles. The Morgan fingerprint density at radius 1 is 1.41 bits per heavy atom. The Morgan fingerprint density at radius 2 is 2.18 bits per heavy atom. The first-order chi connectivity index (χ1) is 8.00. The fraction of sp³-hybridized carbons (Fsp3) is 0.600. The smallest absolute Gasteiger partial charge is 0.0621 e. The molecule has 1 aliphatic rings. The molecule has 0 spiro atoms.